The molecule has 9 heteroatoms. The van der Waals surface area contributed by atoms with E-state index >= 15 is 0 Å². The van der Waals surface area contributed by atoms with E-state index in [9.17, 15) is 4.79 Å². The average Bonchev–Trinajstić information content (AvgIpc) is 3.31. The second kappa shape index (κ2) is 11.0. The lowest BCUT2D eigenvalue weighted by atomic mass is 10.2. The van der Waals surface area contributed by atoms with Gasteiger partial charge in [-0.15, -0.1) is 0 Å². The molecule has 4 rings (SSSR count). The van der Waals surface area contributed by atoms with Gasteiger partial charge < -0.3 is 19.2 Å². The summed E-state index contributed by atoms with van der Waals surface area (Å²) < 4.78 is 17.0. The Labute approximate surface area is 206 Å². The van der Waals surface area contributed by atoms with E-state index < -0.39 is 0 Å². The van der Waals surface area contributed by atoms with Gasteiger partial charge in [-0.1, -0.05) is 29.3 Å². The zero-order valence-corrected chi connectivity index (χ0v) is 19.8. The normalized spacial score (nSPS) is 10.7. The van der Waals surface area contributed by atoms with Crippen molar-refractivity contribution in [3.63, 3.8) is 0 Å². The van der Waals surface area contributed by atoms with Crippen LogP contribution in [0.15, 0.2) is 71.5 Å². The first-order valence-electron chi connectivity index (χ1n) is 10.4. The van der Waals surface area contributed by atoms with E-state index in [2.05, 4.69) is 15.3 Å². The van der Waals surface area contributed by atoms with Gasteiger partial charge >= 0.3 is 0 Å². The predicted molar refractivity (Wildman–Crippen MR) is 130 cm³/mol. The number of methoxy groups -OCH3 is 1. The van der Waals surface area contributed by atoms with Crippen molar-refractivity contribution in [3.05, 3.63) is 88.6 Å². The van der Waals surface area contributed by atoms with Gasteiger partial charge in [-0.3, -0.25) is 9.78 Å². The number of amides is 1. The summed E-state index contributed by atoms with van der Waals surface area (Å²) in [5, 5.41) is 3.87. The summed E-state index contributed by atoms with van der Waals surface area (Å²) in [5.74, 6) is 1.85. The van der Waals surface area contributed by atoms with E-state index in [0.717, 1.165) is 5.56 Å². The molecule has 4 aromatic rings. The number of aromatic nitrogens is 2. The monoisotopic (exact) mass is 497 g/mol. The van der Waals surface area contributed by atoms with E-state index in [1.54, 1.807) is 62.1 Å². The molecule has 0 unspecified atom stereocenters. The Morgan fingerprint density at radius 3 is 2.74 bits per heavy atom. The minimum absolute atomic E-state index is 0.187. The maximum absolute atomic E-state index is 12.5. The zero-order valence-electron chi connectivity index (χ0n) is 18.3. The number of pyridine rings is 1. The van der Waals surface area contributed by atoms with Crippen molar-refractivity contribution >= 4 is 34.8 Å². The van der Waals surface area contributed by atoms with E-state index in [1.807, 2.05) is 12.1 Å². The zero-order chi connectivity index (χ0) is 23.9. The number of anilines is 1. The van der Waals surface area contributed by atoms with Crippen molar-refractivity contribution in [2.45, 2.75) is 19.4 Å². The summed E-state index contributed by atoms with van der Waals surface area (Å²) in [6, 6.07) is 14.1. The number of hydrogen-bond donors (Lipinski definition) is 1. The number of rotatable bonds is 9. The Bertz CT molecular complexity index is 1280. The summed E-state index contributed by atoms with van der Waals surface area (Å²) in [7, 11) is 1.56. The second-order valence-electron chi connectivity index (χ2n) is 7.31. The third-order valence-corrected chi connectivity index (χ3v) is 5.43. The van der Waals surface area contributed by atoms with E-state index in [-0.39, 0.29) is 12.3 Å². The molecule has 1 N–H and O–H groups in total. The summed E-state index contributed by atoms with van der Waals surface area (Å²) in [5.41, 5.74) is 2.20. The molecule has 0 aliphatic carbocycles. The quantitative estimate of drug-likeness (QED) is 0.296. The van der Waals surface area contributed by atoms with Crippen LogP contribution in [0.2, 0.25) is 10.0 Å². The minimum Gasteiger partial charge on any atom is -0.493 e. The van der Waals surface area contributed by atoms with Gasteiger partial charge in [0.2, 0.25) is 5.91 Å². The highest BCUT2D eigenvalue weighted by Gasteiger charge is 2.13. The van der Waals surface area contributed by atoms with Crippen molar-refractivity contribution < 1.29 is 18.7 Å². The number of oxazole rings is 1. The number of benzene rings is 2. The van der Waals surface area contributed by atoms with Crippen LogP contribution in [0.1, 0.15) is 17.9 Å². The fourth-order valence-corrected chi connectivity index (χ4v) is 3.70. The maximum Gasteiger partial charge on any atom is 0.224 e. The Hall–Kier alpha value is -3.55. The summed E-state index contributed by atoms with van der Waals surface area (Å²) in [6.45, 7) is 0.325. The molecule has 0 bridgehead atoms. The van der Waals surface area contributed by atoms with Crippen molar-refractivity contribution in [1.82, 2.24) is 9.97 Å². The third-order valence-electron chi connectivity index (χ3n) is 4.88. The van der Waals surface area contributed by atoms with Gasteiger partial charge in [0.05, 0.1) is 18.3 Å². The molecule has 0 saturated heterocycles. The van der Waals surface area contributed by atoms with Crippen LogP contribution in [0.5, 0.6) is 11.5 Å². The number of hydrogen-bond acceptors (Lipinski definition) is 6. The Morgan fingerprint density at radius 1 is 1.09 bits per heavy atom. The van der Waals surface area contributed by atoms with E-state index in [1.165, 1.54) is 0 Å². The maximum atomic E-state index is 12.5. The van der Waals surface area contributed by atoms with Crippen LogP contribution in [0.4, 0.5) is 5.69 Å². The fourth-order valence-electron chi connectivity index (χ4n) is 3.20. The van der Waals surface area contributed by atoms with Gasteiger partial charge in [0.25, 0.3) is 0 Å². The number of nitrogens with one attached hydrogen (secondary N) is 1. The smallest absolute Gasteiger partial charge is 0.224 e. The highest BCUT2D eigenvalue weighted by Crippen LogP contribution is 2.32. The van der Waals surface area contributed by atoms with E-state index in [0.29, 0.717) is 57.5 Å². The standard InChI is InChI=1S/C25H21Cl2N3O4/c1-32-21-7-5-18(12-22(21)33-15-16-3-2-10-28-13-16)30-24(31)8-9-25-29-14-23(34-25)19-6-4-17(26)11-20(19)27/h2-7,10-14H,8-9,15H2,1H3,(H,30,31). The fraction of sp³-hybridized carbons (Fsp3) is 0.160. The number of ether oxygens (including phenoxy) is 2. The molecule has 2 aromatic carbocycles. The average molecular weight is 498 g/mol. The second-order valence-corrected chi connectivity index (χ2v) is 8.15. The van der Waals surface area contributed by atoms with E-state index in [4.69, 9.17) is 37.1 Å². The number of nitrogens with zero attached hydrogens (tertiary/aromatic N) is 2. The number of halogens is 2. The molecular formula is C25H21Cl2N3O4. The first kappa shape index (κ1) is 23.6. The molecule has 7 nitrogen and oxygen atoms in total. The largest absolute Gasteiger partial charge is 0.493 e. The Balaban J connectivity index is 1.35. The highest BCUT2D eigenvalue weighted by molar-refractivity contribution is 6.36. The SMILES string of the molecule is COc1ccc(NC(=O)CCc2ncc(-c3ccc(Cl)cc3Cl)o2)cc1OCc1cccnc1. The van der Waals surface area contributed by atoms with Gasteiger partial charge in [0.15, 0.2) is 23.1 Å². The molecule has 0 fully saturated rings. The number of aryl methyl sites for hydroxylation is 1. The molecule has 0 aliphatic rings. The van der Waals surface area contributed by atoms with Gasteiger partial charge in [-0.2, -0.15) is 0 Å². The lowest BCUT2D eigenvalue weighted by Crippen LogP contribution is -2.12. The van der Waals surface area contributed by atoms with Crippen molar-refractivity contribution in [1.29, 1.82) is 0 Å². The number of carbonyl (C=O) groups excluding carboxylic acids is 1. The third kappa shape index (κ3) is 6.07. The molecule has 0 saturated carbocycles. The summed E-state index contributed by atoms with van der Waals surface area (Å²) in [6.07, 6.45) is 5.53. The topological polar surface area (TPSA) is 86.5 Å². The summed E-state index contributed by atoms with van der Waals surface area (Å²) in [4.78, 5) is 20.8. The van der Waals surface area contributed by atoms with Crippen molar-refractivity contribution in [3.8, 4) is 22.8 Å². The number of carbonyl (C=O) groups is 1. The van der Waals surface area contributed by atoms with Crippen LogP contribution in [0.3, 0.4) is 0 Å². The predicted octanol–water partition coefficient (Wildman–Crippen LogP) is 6.20. The highest BCUT2D eigenvalue weighted by atomic mass is 35.5. The van der Waals surface area contributed by atoms with Crippen molar-refractivity contribution in [2.75, 3.05) is 12.4 Å². The molecule has 0 radical (unpaired) electrons. The molecule has 0 atom stereocenters. The Morgan fingerprint density at radius 2 is 1.97 bits per heavy atom. The molecule has 0 aliphatic heterocycles. The molecule has 1 amide bonds. The minimum atomic E-state index is -0.187. The van der Waals surface area contributed by atoms with Crippen molar-refractivity contribution in [2.24, 2.45) is 0 Å². The lowest BCUT2D eigenvalue weighted by molar-refractivity contribution is -0.116. The van der Waals surface area contributed by atoms with Gasteiger partial charge in [-0.05, 0) is 36.4 Å². The van der Waals surface area contributed by atoms with Gasteiger partial charge in [0, 0.05) is 53.1 Å². The molecular weight excluding hydrogens is 477 g/mol. The van der Waals surface area contributed by atoms with Crippen LogP contribution in [-0.4, -0.2) is 23.0 Å². The lowest BCUT2D eigenvalue weighted by Gasteiger charge is -2.13. The van der Waals surface area contributed by atoms with Crippen LogP contribution in [0.25, 0.3) is 11.3 Å². The van der Waals surface area contributed by atoms with Gasteiger partial charge in [-0.25, -0.2) is 4.98 Å². The first-order chi connectivity index (χ1) is 16.5. The summed E-state index contributed by atoms with van der Waals surface area (Å²) >= 11 is 12.2. The molecule has 2 heterocycles. The molecule has 2 aromatic heterocycles. The van der Waals surface area contributed by atoms with Crippen LogP contribution in [-0.2, 0) is 17.8 Å². The van der Waals surface area contributed by atoms with Crippen LogP contribution < -0.4 is 14.8 Å². The van der Waals surface area contributed by atoms with Gasteiger partial charge in [0.1, 0.15) is 6.61 Å². The molecule has 174 valence electrons. The van der Waals surface area contributed by atoms with Crippen LogP contribution in [0, 0.1) is 0 Å². The van der Waals surface area contributed by atoms with Crippen LogP contribution >= 0.6 is 23.2 Å². The molecule has 0 spiro atoms. The first-order valence-corrected chi connectivity index (χ1v) is 11.2. The molecule has 34 heavy (non-hydrogen) atoms. The Kier molecular flexibility index (Phi) is 7.67.